The summed E-state index contributed by atoms with van der Waals surface area (Å²) in [6, 6.07) is 12.8. The summed E-state index contributed by atoms with van der Waals surface area (Å²) in [4.78, 5) is 2.77. The zero-order valence-corrected chi connectivity index (χ0v) is 9.07. The maximum atomic E-state index is 2.23. The standard InChI is InChI=1S/C12H8S2/c1-2-5-10-9(4-1)8-14-12(10)11-6-3-7-13-11/h1-8H. The lowest BCUT2D eigenvalue weighted by Gasteiger charge is -1.93. The summed E-state index contributed by atoms with van der Waals surface area (Å²) < 4.78 is 0. The molecule has 0 fully saturated rings. The molecule has 0 spiro atoms. The van der Waals surface area contributed by atoms with Gasteiger partial charge in [0, 0.05) is 10.3 Å². The van der Waals surface area contributed by atoms with Crippen molar-refractivity contribution >= 4 is 33.4 Å². The summed E-state index contributed by atoms with van der Waals surface area (Å²) >= 11 is 3.64. The topological polar surface area (TPSA) is 0 Å². The Morgan fingerprint density at radius 2 is 1.79 bits per heavy atom. The van der Waals surface area contributed by atoms with E-state index >= 15 is 0 Å². The second kappa shape index (κ2) is 3.23. The summed E-state index contributed by atoms with van der Waals surface area (Å²) in [7, 11) is 0. The highest BCUT2D eigenvalue weighted by molar-refractivity contribution is 7.21. The van der Waals surface area contributed by atoms with Crippen molar-refractivity contribution in [1.82, 2.24) is 0 Å². The van der Waals surface area contributed by atoms with Gasteiger partial charge in [-0.3, -0.25) is 0 Å². The van der Waals surface area contributed by atoms with Crippen molar-refractivity contribution in [2.75, 3.05) is 0 Å². The van der Waals surface area contributed by atoms with E-state index in [1.807, 2.05) is 11.3 Å². The summed E-state index contributed by atoms with van der Waals surface area (Å²) in [5.74, 6) is 0. The van der Waals surface area contributed by atoms with Gasteiger partial charge in [-0.25, -0.2) is 0 Å². The van der Waals surface area contributed by atoms with Crippen LogP contribution < -0.4 is 0 Å². The van der Waals surface area contributed by atoms with Gasteiger partial charge >= 0.3 is 0 Å². The molecular weight excluding hydrogens is 208 g/mol. The van der Waals surface area contributed by atoms with Crippen LogP contribution in [0.25, 0.3) is 20.5 Å². The van der Waals surface area contributed by atoms with Crippen LogP contribution in [-0.2, 0) is 0 Å². The zero-order valence-electron chi connectivity index (χ0n) is 7.44. The molecule has 14 heavy (non-hydrogen) atoms. The lowest BCUT2D eigenvalue weighted by molar-refractivity contribution is 1.84. The van der Waals surface area contributed by atoms with Gasteiger partial charge in [0.2, 0.25) is 0 Å². The second-order valence-electron chi connectivity index (χ2n) is 3.13. The Labute approximate surface area is 90.5 Å². The van der Waals surface area contributed by atoms with E-state index in [4.69, 9.17) is 0 Å². The van der Waals surface area contributed by atoms with Gasteiger partial charge in [0.15, 0.2) is 0 Å². The average molecular weight is 216 g/mol. The maximum Gasteiger partial charge on any atom is 0.0521 e. The van der Waals surface area contributed by atoms with E-state index in [1.54, 1.807) is 11.3 Å². The van der Waals surface area contributed by atoms with Gasteiger partial charge in [0.05, 0.1) is 4.88 Å². The van der Waals surface area contributed by atoms with E-state index in [0.29, 0.717) is 0 Å². The quantitative estimate of drug-likeness (QED) is 0.556. The molecule has 0 aliphatic carbocycles. The Morgan fingerprint density at radius 3 is 2.64 bits per heavy atom. The first-order valence-corrected chi connectivity index (χ1v) is 6.21. The Hall–Kier alpha value is -1.12. The van der Waals surface area contributed by atoms with E-state index in [-0.39, 0.29) is 0 Å². The molecule has 0 radical (unpaired) electrons. The van der Waals surface area contributed by atoms with Gasteiger partial charge in [0.25, 0.3) is 0 Å². The molecule has 3 rings (SSSR count). The van der Waals surface area contributed by atoms with Crippen LogP contribution in [-0.4, -0.2) is 0 Å². The van der Waals surface area contributed by atoms with Crippen LogP contribution in [0.2, 0.25) is 0 Å². The molecule has 0 atom stereocenters. The first kappa shape index (κ1) is 8.21. The van der Waals surface area contributed by atoms with Gasteiger partial charge in [-0.05, 0) is 22.2 Å². The molecule has 0 N–H and O–H groups in total. The highest BCUT2D eigenvalue weighted by Crippen LogP contribution is 2.36. The molecule has 68 valence electrons. The fourth-order valence-electron chi connectivity index (χ4n) is 1.59. The normalized spacial score (nSPS) is 10.9. The molecule has 3 aromatic rings. The first-order chi connectivity index (χ1) is 6.95. The van der Waals surface area contributed by atoms with Gasteiger partial charge in [-0.2, -0.15) is 0 Å². The van der Waals surface area contributed by atoms with Crippen molar-refractivity contribution in [2.45, 2.75) is 0 Å². The van der Waals surface area contributed by atoms with Gasteiger partial charge < -0.3 is 0 Å². The molecule has 0 unspecified atom stereocenters. The van der Waals surface area contributed by atoms with Crippen molar-refractivity contribution < 1.29 is 0 Å². The van der Waals surface area contributed by atoms with E-state index in [1.165, 1.54) is 20.5 Å². The van der Waals surface area contributed by atoms with Crippen LogP contribution in [0, 0.1) is 0 Å². The minimum atomic E-state index is 1.35. The average Bonchev–Trinajstić information content (AvgIpc) is 2.85. The van der Waals surface area contributed by atoms with Crippen LogP contribution >= 0.6 is 22.7 Å². The minimum Gasteiger partial charge on any atom is -0.143 e. The number of fused-ring (bicyclic) bond motifs is 1. The summed E-state index contributed by atoms with van der Waals surface area (Å²) in [6.07, 6.45) is 0. The van der Waals surface area contributed by atoms with Crippen molar-refractivity contribution in [1.29, 1.82) is 0 Å². The van der Waals surface area contributed by atoms with E-state index in [0.717, 1.165) is 0 Å². The lowest BCUT2D eigenvalue weighted by atomic mass is 10.2. The fraction of sp³-hybridized carbons (Fsp3) is 0. The van der Waals surface area contributed by atoms with Crippen molar-refractivity contribution in [3.63, 3.8) is 0 Å². The number of hydrogen-bond acceptors (Lipinski definition) is 2. The molecule has 0 aliphatic heterocycles. The van der Waals surface area contributed by atoms with Crippen LogP contribution in [0.15, 0.2) is 47.2 Å². The Bertz CT molecular complexity index is 546. The monoisotopic (exact) mass is 216 g/mol. The summed E-state index contributed by atoms with van der Waals surface area (Å²) in [5.41, 5.74) is 0. The maximum absolute atomic E-state index is 2.23. The molecule has 2 heteroatoms. The van der Waals surface area contributed by atoms with Crippen molar-refractivity contribution in [3.8, 4) is 9.75 Å². The van der Waals surface area contributed by atoms with E-state index < -0.39 is 0 Å². The fourth-order valence-corrected chi connectivity index (χ4v) is 3.50. The van der Waals surface area contributed by atoms with Crippen molar-refractivity contribution in [2.24, 2.45) is 0 Å². The molecule has 2 heterocycles. The Kier molecular flexibility index (Phi) is 1.89. The molecule has 2 aromatic heterocycles. The van der Waals surface area contributed by atoms with Crippen LogP contribution in [0.3, 0.4) is 0 Å². The van der Waals surface area contributed by atoms with E-state index in [9.17, 15) is 0 Å². The minimum absolute atomic E-state index is 1.35. The smallest absolute Gasteiger partial charge is 0.0521 e. The summed E-state index contributed by atoms with van der Waals surface area (Å²) in [6.45, 7) is 0. The molecule has 0 nitrogen and oxygen atoms in total. The van der Waals surface area contributed by atoms with Crippen LogP contribution in [0.1, 0.15) is 0 Å². The first-order valence-electron chi connectivity index (χ1n) is 4.45. The largest absolute Gasteiger partial charge is 0.143 e. The molecule has 1 aromatic carbocycles. The molecule has 0 aliphatic rings. The lowest BCUT2D eigenvalue weighted by Crippen LogP contribution is -1.66. The van der Waals surface area contributed by atoms with E-state index in [2.05, 4.69) is 47.2 Å². The third-order valence-electron chi connectivity index (χ3n) is 2.25. The highest BCUT2D eigenvalue weighted by Gasteiger charge is 2.05. The Balaban J connectivity index is 2.33. The highest BCUT2D eigenvalue weighted by atomic mass is 32.1. The van der Waals surface area contributed by atoms with Gasteiger partial charge in [-0.15, -0.1) is 22.7 Å². The number of thiophene rings is 2. The Morgan fingerprint density at radius 1 is 0.857 bits per heavy atom. The van der Waals surface area contributed by atoms with Gasteiger partial charge in [0.1, 0.15) is 0 Å². The second-order valence-corrected chi connectivity index (χ2v) is 4.96. The number of hydrogen-bond donors (Lipinski definition) is 0. The van der Waals surface area contributed by atoms with Crippen molar-refractivity contribution in [3.05, 3.63) is 47.2 Å². The third-order valence-corrected chi connectivity index (χ3v) is 4.32. The summed E-state index contributed by atoms with van der Waals surface area (Å²) in [5, 5.41) is 7.08. The number of rotatable bonds is 1. The molecule has 0 bridgehead atoms. The molecule has 0 saturated heterocycles. The van der Waals surface area contributed by atoms with Crippen LogP contribution in [0.5, 0.6) is 0 Å². The predicted molar refractivity (Wildman–Crippen MR) is 65.1 cm³/mol. The number of benzene rings is 1. The van der Waals surface area contributed by atoms with Gasteiger partial charge in [-0.1, -0.05) is 30.3 Å². The zero-order chi connectivity index (χ0) is 9.38. The molecular formula is C12H8S2. The predicted octanol–water partition coefficient (Wildman–Crippen LogP) is 4.63. The van der Waals surface area contributed by atoms with Crippen LogP contribution in [0.4, 0.5) is 0 Å². The SMILES string of the molecule is c1csc(-c2scc3ccccc23)c1. The molecule has 0 amide bonds. The third kappa shape index (κ3) is 1.19. The molecule has 0 saturated carbocycles.